The monoisotopic (exact) mass is 439 g/mol. The van der Waals surface area contributed by atoms with Crippen molar-refractivity contribution in [2.24, 2.45) is 0 Å². The third-order valence-corrected chi connectivity index (χ3v) is 5.35. The lowest BCUT2D eigenvalue weighted by Gasteiger charge is -2.14. The molecule has 0 aliphatic heterocycles. The number of ether oxygens (including phenoxy) is 2. The Morgan fingerprint density at radius 3 is 2.48 bits per heavy atom. The van der Waals surface area contributed by atoms with Crippen molar-refractivity contribution in [3.05, 3.63) is 82.8 Å². The predicted molar refractivity (Wildman–Crippen MR) is 128 cm³/mol. The Kier molecular flexibility index (Phi) is 6.36. The molecule has 7 heteroatoms. The van der Waals surface area contributed by atoms with E-state index in [0.29, 0.717) is 46.9 Å². The Balaban J connectivity index is 1.59. The van der Waals surface area contributed by atoms with Crippen molar-refractivity contribution in [2.45, 2.75) is 20.0 Å². The van der Waals surface area contributed by atoms with Gasteiger partial charge in [-0.1, -0.05) is 18.2 Å². The fraction of sp³-hybridized carbons (Fsp3) is 0.231. The largest absolute Gasteiger partial charge is 0.493 e. The Labute approximate surface area is 193 Å². The van der Waals surface area contributed by atoms with Crippen molar-refractivity contribution in [2.75, 3.05) is 26.1 Å². The van der Waals surface area contributed by atoms with Crippen LogP contribution in [-0.2, 0) is 13.0 Å². The van der Waals surface area contributed by atoms with Crippen molar-refractivity contribution in [3.8, 4) is 17.6 Å². The quantitative estimate of drug-likeness (QED) is 0.421. The van der Waals surface area contributed by atoms with Crippen LogP contribution in [0.4, 0.5) is 5.82 Å². The standard InChI is InChI=1S/C26H25N5O2/c1-17-5-6-19(14-28-17)16-33-23-10-7-18(12-24(23)32-4)11-20-8-9-22-26(21(20)13-27)30-25(15-29-22)31(2)3/h5-10,12,14-15H,11,16H2,1-4H3. The van der Waals surface area contributed by atoms with Gasteiger partial charge in [0.2, 0.25) is 0 Å². The van der Waals surface area contributed by atoms with Crippen LogP contribution in [-0.4, -0.2) is 36.2 Å². The maximum atomic E-state index is 9.88. The molecule has 0 bridgehead atoms. The third kappa shape index (κ3) is 4.85. The molecular weight excluding hydrogens is 414 g/mol. The van der Waals surface area contributed by atoms with Gasteiger partial charge in [0.05, 0.1) is 24.4 Å². The van der Waals surface area contributed by atoms with Crippen LogP contribution in [0.3, 0.4) is 0 Å². The van der Waals surface area contributed by atoms with E-state index in [2.05, 4.69) is 21.0 Å². The van der Waals surface area contributed by atoms with Crippen LogP contribution in [0.1, 0.15) is 27.9 Å². The first kappa shape index (κ1) is 22.0. The molecule has 33 heavy (non-hydrogen) atoms. The molecule has 0 amide bonds. The number of aryl methyl sites for hydroxylation is 1. The van der Waals surface area contributed by atoms with E-state index in [1.165, 1.54) is 0 Å². The number of hydrogen-bond donors (Lipinski definition) is 0. The van der Waals surface area contributed by atoms with Gasteiger partial charge in [0, 0.05) is 31.5 Å². The highest BCUT2D eigenvalue weighted by Gasteiger charge is 2.14. The van der Waals surface area contributed by atoms with E-state index >= 15 is 0 Å². The van der Waals surface area contributed by atoms with Crippen molar-refractivity contribution < 1.29 is 9.47 Å². The van der Waals surface area contributed by atoms with Gasteiger partial charge in [0.1, 0.15) is 24.0 Å². The molecule has 2 heterocycles. The molecule has 166 valence electrons. The van der Waals surface area contributed by atoms with E-state index in [0.717, 1.165) is 22.4 Å². The van der Waals surface area contributed by atoms with Crippen molar-refractivity contribution in [1.82, 2.24) is 15.0 Å². The summed E-state index contributed by atoms with van der Waals surface area (Å²) in [4.78, 5) is 15.3. The lowest BCUT2D eigenvalue weighted by molar-refractivity contribution is 0.284. The Morgan fingerprint density at radius 2 is 1.79 bits per heavy atom. The smallest absolute Gasteiger partial charge is 0.161 e. The highest BCUT2D eigenvalue weighted by molar-refractivity contribution is 5.83. The van der Waals surface area contributed by atoms with Gasteiger partial charge in [-0.3, -0.25) is 9.97 Å². The van der Waals surface area contributed by atoms with Crippen molar-refractivity contribution in [1.29, 1.82) is 5.26 Å². The average Bonchev–Trinajstić information content (AvgIpc) is 2.83. The highest BCUT2D eigenvalue weighted by atomic mass is 16.5. The molecule has 7 nitrogen and oxygen atoms in total. The molecule has 4 rings (SSSR count). The number of anilines is 1. The number of hydrogen-bond acceptors (Lipinski definition) is 7. The Hall–Kier alpha value is -4.18. The second kappa shape index (κ2) is 9.53. The van der Waals surface area contributed by atoms with E-state index in [-0.39, 0.29) is 0 Å². The van der Waals surface area contributed by atoms with Crippen LogP contribution < -0.4 is 14.4 Å². The zero-order valence-electron chi connectivity index (χ0n) is 19.2. The van der Waals surface area contributed by atoms with Gasteiger partial charge in [0.25, 0.3) is 0 Å². The summed E-state index contributed by atoms with van der Waals surface area (Å²) in [6.45, 7) is 2.35. The van der Waals surface area contributed by atoms with Crippen LogP contribution in [0.5, 0.6) is 11.5 Å². The highest BCUT2D eigenvalue weighted by Crippen LogP contribution is 2.31. The number of methoxy groups -OCH3 is 1. The molecule has 2 aromatic carbocycles. The van der Waals surface area contributed by atoms with E-state index < -0.39 is 0 Å². The topological polar surface area (TPSA) is 84.2 Å². The summed E-state index contributed by atoms with van der Waals surface area (Å²) in [7, 11) is 5.42. The van der Waals surface area contributed by atoms with Crippen molar-refractivity contribution in [3.63, 3.8) is 0 Å². The summed E-state index contributed by atoms with van der Waals surface area (Å²) in [6, 6.07) is 15.9. The first-order valence-corrected chi connectivity index (χ1v) is 10.6. The second-order valence-electron chi connectivity index (χ2n) is 7.96. The molecule has 0 unspecified atom stereocenters. The van der Waals surface area contributed by atoms with Crippen LogP contribution in [0, 0.1) is 18.3 Å². The summed E-state index contributed by atoms with van der Waals surface area (Å²) in [5.41, 5.74) is 5.69. The Bertz CT molecular complexity index is 1330. The molecule has 4 aromatic rings. The number of nitrogens with zero attached hydrogens (tertiary/aromatic N) is 5. The molecule has 0 saturated carbocycles. The van der Waals surface area contributed by atoms with Gasteiger partial charge in [-0.05, 0) is 48.7 Å². The predicted octanol–water partition coefficient (Wildman–Crippen LogP) is 4.45. The van der Waals surface area contributed by atoms with E-state index in [4.69, 9.17) is 9.47 Å². The van der Waals surface area contributed by atoms with Crippen molar-refractivity contribution >= 4 is 16.9 Å². The molecule has 0 atom stereocenters. The number of pyridine rings is 1. The van der Waals surface area contributed by atoms with Gasteiger partial charge in [0.15, 0.2) is 11.5 Å². The fourth-order valence-corrected chi connectivity index (χ4v) is 3.50. The van der Waals surface area contributed by atoms with Gasteiger partial charge in [-0.15, -0.1) is 0 Å². The molecule has 0 aliphatic rings. The minimum Gasteiger partial charge on any atom is -0.493 e. The lowest BCUT2D eigenvalue weighted by Crippen LogP contribution is -2.11. The lowest BCUT2D eigenvalue weighted by atomic mass is 9.98. The number of rotatable bonds is 7. The van der Waals surface area contributed by atoms with Crippen LogP contribution in [0.25, 0.3) is 11.0 Å². The first-order valence-electron chi connectivity index (χ1n) is 10.6. The molecule has 0 fully saturated rings. The molecule has 0 radical (unpaired) electrons. The summed E-state index contributed by atoms with van der Waals surface area (Å²) >= 11 is 0. The van der Waals surface area contributed by atoms with Crippen LogP contribution in [0.2, 0.25) is 0 Å². The Morgan fingerprint density at radius 1 is 0.970 bits per heavy atom. The molecular formula is C26H25N5O2. The van der Waals surface area contributed by atoms with Gasteiger partial charge in [-0.2, -0.15) is 5.26 Å². The zero-order valence-corrected chi connectivity index (χ0v) is 19.2. The number of aromatic nitrogens is 3. The fourth-order valence-electron chi connectivity index (χ4n) is 3.50. The molecule has 2 aromatic heterocycles. The van der Waals surface area contributed by atoms with E-state index in [9.17, 15) is 5.26 Å². The first-order chi connectivity index (χ1) is 16.0. The minimum atomic E-state index is 0.402. The van der Waals surface area contributed by atoms with Gasteiger partial charge in [-0.25, -0.2) is 4.98 Å². The average molecular weight is 440 g/mol. The molecule has 0 saturated heterocycles. The molecule has 0 spiro atoms. The van der Waals surface area contributed by atoms with Crippen LogP contribution in [0.15, 0.2) is 54.9 Å². The maximum Gasteiger partial charge on any atom is 0.161 e. The maximum absolute atomic E-state index is 9.88. The zero-order chi connectivity index (χ0) is 23.4. The second-order valence-corrected chi connectivity index (χ2v) is 7.96. The van der Waals surface area contributed by atoms with E-state index in [1.807, 2.05) is 74.6 Å². The molecule has 0 N–H and O–H groups in total. The number of benzene rings is 2. The van der Waals surface area contributed by atoms with E-state index in [1.54, 1.807) is 13.3 Å². The number of nitriles is 1. The summed E-state index contributed by atoms with van der Waals surface area (Å²) in [6.07, 6.45) is 4.08. The van der Waals surface area contributed by atoms with Gasteiger partial charge >= 0.3 is 0 Å². The molecule has 0 aliphatic carbocycles. The third-order valence-electron chi connectivity index (χ3n) is 5.35. The summed E-state index contributed by atoms with van der Waals surface area (Å²) in [5, 5.41) is 9.88. The van der Waals surface area contributed by atoms with Gasteiger partial charge < -0.3 is 14.4 Å². The minimum absolute atomic E-state index is 0.402. The summed E-state index contributed by atoms with van der Waals surface area (Å²) in [5.74, 6) is 2.01. The summed E-state index contributed by atoms with van der Waals surface area (Å²) < 4.78 is 11.5. The normalized spacial score (nSPS) is 10.6. The van der Waals surface area contributed by atoms with Crippen LogP contribution >= 0.6 is 0 Å². The number of fused-ring (bicyclic) bond motifs is 1. The SMILES string of the molecule is COc1cc(Cc2ccc3ncc(N(C)C)nc3c2C#N)ccc1OCc1ccc(C)nc1.